The van der Waals surface area contributed by atoms with Crippen molar-refractivity contribution in [3.8, 4) is 0 Å². The SMILES string of the molecule is CC1(C)CNCCN1Cc1cccc(Cl)c1. The van der Waals surface area contributed by atoms with Gasteiger partial charge >= 0.3 is 0 Å². The molecule has 0 radical (unpaired) electrons. The third-order valence-electron chi connectivity index (χ3n) is 3.23. The van der Waals surface area contributed by atoms with Crippen LogP contribution < -0.4 is 5.32 Å². The van der Waals surface area contributed by atoms with Crippen LogP contribution in [0.25, 0.3) is 0 Å². The summed E-state index contributed by atoms with van der Waals surface area (Å²) >= 11 is 6.00. The predicted octanol–water partition coefficient (Wildman–Crippen LogP) is 2.52. The molecule has 1 aromatic carbocycles. The van der Waals surface area contributed by atoms with Crippen LogP contribution in [0.5, 0.6) is 0 Å². The second-order valence-corrected chi connectivity index (χ2v) is 5.48. The lowest BCUT2D eigenvalue weighted by Gasteiger charge is -2.42. The van der Waals surface area contributed by atoms with Gasteiger partial charge in [-0.2, -0.15) is 0 Å². The minimum atomic E-state index is 0.223. The van der Waals surface area contributed by atoms with Crippen LogP contribution in [0.1, 0.15) is 19.4 Å². The number of rotatable bonds is 2. The quantitative estimate of drug-likeness (QED) is 0.852. The van der Waals surface area contributed by atoms with Gasteiger partial charge in [0, 0.05) is 36.7 Å². The van der Waals surface area contributed by atoms with E-state index in [1.807, 2.05) is 12.1 Å². The number of piperazine rings is 1. The van der Waals surface area contributed by atoms with Crippen LogP contribution in [0, 0.1) is 0 Å². The maximum absolute atomic E-state index is 6.00. The van der Waals surface area contributed by atoms with Gasteiger partial charge in [-0.05, 0) is 31.5 Å². The molecule has 1 aromatic rings. The lowest BCUT2D eigenvalue weighted by molar-refractivity contribution is 0.0828. The van der Waals surface area contributed by atoms with Crippen molar-refractivity contribution >= 4 is 11.6 Å². The molecule has 1 aliphatic heterocycles. The van der Waals surface area contributed by atoms with E-state index in [4.69, 9.17) is 11.6 Å². The number of nitrogens with zero attached hydrogens (tertiary/aromatic N) is 1. The Labute approximate surface area is 103 Å². The monoisotopic (exact) mass is 238 g/mol. The fraction of sp³-hybridized carbons (Fsp3) is 0.538. The third kappa shape index (κ3) is 2.76. The zero-order chi connectivity index (χ0) is 11.6. The highest BCUT2D eigenvalue weighted by Gasteiger charge is 2.29. The summed E-state index contributed by atoms with van der Waals surface area (Å²) in [5.41, 5.74) is 1.52. The van der Waals surface area contributed by atoms with Crippen molar-refractivity contribution in [1.82, 2.24) is 10.2 Å². The van der Waals surface area contributed by atoms with Crippen molar-refractivity contribution in [2.75, 3.05) is 19.6 Å². The van der Waals surface area contributed by atoms with Crippen molar-refractivity contribution < 1.29 is 0 Å². The first-order valence-electron chi connectivity index (χ1n) is 5.78. The Hall–Kier alpha value is -0.570. The smallest absolute Gasteiger partial charge is 0.0409 e. The number of benzene rings is 1. The lowest BCUT2D eigenvalue weighted by atomic mass is 9.99. The van der Waals surface area contributed by atoms with Gasteiger partial charge in [-0.25, -0.2) is 0 Å². The van der Waals surface area contributed by atoms with E-state index in [0.717, 1.165) is 31.2 Å². The summed E-state index contributed by atoms with van der Waals surface area (Å²) in [7, 11) is 0. The highest BCUT2D eigenvalue weighted by molar-refractivity contribution is 6.30. The first-order chi connectivity index (χ1) is 7.58. The van der Waals surface area contributed by atoms with Gasteiger partial charge in [0.05, 0.1) is 0 Å². The number of nitrogens with one attached hydrogen (secondary N) is 1. The zero-order valence-electron chi connectivity index (χ0n) is 9.96. The summed E-state index contributed by atoms with van der Waals surface area (Å²) in [6, 6.07) is 8.14. The van der Waals surface area contributed by atoms with E-state index < -0.39 is 0 Å². The molecule has 3 heteroatoms. The molecular weight excluding hydrogens is 220 g/mol. The van der Waals surface area contributed by atoms with Crippen molar-refractivity contribution in [2.45, 2.75) is 25.9 Å². The molecule has 0 spiro atoms. The fourth-order valence-corrected chi connectivity index (χ4v) is 2.38. The predicted molar refractivity (Wildman–Crippen MR) is 68.8 cm³/mol. The molecule has 2 nitrogen and oxygen atoms in total. The van der Waals surface area contributed by atoms with Gasteiger partial charge < -0.3 is 5.32 Å². The largest absolute Gasteiger partial charge is 0.314 e. The van der Waals surface area contributed by atoms with E-state index >= 15 is 0 Å². The Morgan fingerprint density at radius 1 is 1.44 bits per heavy atom. The van der Waals surface area contributed by atoms with Crippen LogP contribution >= 0.6 is 11.6 Å². The number of hydrogen-bond donors (Lipinski definition) is 1. The summed E-state index contributed by atoms with van der Waals surface area (Å²) in [5, 5.41) is 4.26. The van der Waals surface area contributed by atoms with Gasteiger partial charge in [0.2, 0.25) is 0 Å². The highest BCUT2D eigenvalue weighted by atomic mass is 35.5. The fourth-order valence-electron chi connectivity index (χ4n) is 2.17. The summed E-state index contributed by atoms with van der Waals surface area (Å²) < 4.78 is 0. The Morgan fingerprint density at radius 2 is 2.25 bits per heavy atom. The Kier molecular flexibility index (Phi) is 3.53. The second-order valence-electron chi connectivity index (χ2n) is 5.04. The van der Waals surface area contributed by atoms with Crippen LogP contribution in [-0.4, -0.2) is 30.1 Å². The normalized spacial score (nSPS) is 20.9. The topological polar surface area (TPSA) is 15.3 Å². The summed E-state index contributed by atoms with van der Waals surface area (Å²) in [6.07, 6.45) is 0. The van der Waals surface area contributed by atoms with Gasteiger partial charge in [0.25, 0.3) is 0 Å². The second kappa shape index (κ2) is 4.74. The van der Waals surface area contributed by atoms with E-state index in [2.05, 4.69) is 36.2 Å². The van der Waals surface area contributed by atoms with Gasteiger partial charge in [-0.15, -0.1) is 0 Å². The molecule has 2 rings (SSSR count). The maximum atomic E-state index is 6.00. The summed E-state index contributed by atoms with van der Waals surface area (Å²) in [5.74, 6) is 0. The summed E-state index contributed by atoms with van der Waals surface area (Å²) in [6.45, 7) is 8.76. The molecule has 0 aliphatic carbocycles. The van der Waals surface area contributed by atoms with Gasteiger partial charge in [0.1, 0.15) is 0 Å². The molecule has 0 bridgehead atoms. The van der Waals surface area contributed by atoms with E-state index in [1.54, 1.807) is 0 Å². The maximum Gasteiger partial charge on any atom is 0.0409 e. The highest BCUT2D eigenvalue weighted by Crippen LogP contribution is 2.20. The molecular formula is C13H19ClN2. The number of halogens is 1. The Morgan fingerprint density at radius 3 is 2.94 bits per heavy atom. The van der Waals surface area contributed by atoms with Crippen LogP contribution in [0.4, 0.5) is 0 Å². The molecule has 0 saturated carbocycles. The molecule has 0 atom stereocenters. The molecule has 0 amide bonds. The molecule has 0 aromatic heterocycles. The Bertz CT molecular complexity index is 363. The van der Waals surface area contributed by atoms with Crippen LogP contribution in [-0.2, 0) is 6.54 Å². The van der Waals surface area contributed by atoms with Crippen LogP contribution in [0.2, 0.25) is 5.02 Å². The molecule has 0 unspecified atom stereocenters. The van der Waals surface area contributed by atoms with Crippen molar-refractivity contribution in [1.29, 1.82) is 0 Å². The molecule has 88 valence electrons. The Balaban J connectivity index is 2.08. The average Bonchev–Trinajstić information content (AvgIpc) is 2.21. The van der Waals surface area contributed by atoms with Crippen molar-refractivity contribution in [3.63, 3.8) is 0 Å². The van der Waals surface area contributed by atoms with Gasteiger partial charge in [-0.3, -0.25) is 4.90 Å². The van der Waals surface area contributed by atoms with E-state index in [-0.39, 0.29) is 5.54 Å². The van der Waals surface area contributed by atoms with Crippen LogP contribution in [0.15, 0.2) is 24.3 Å². The zero-order valence-corrected chi connectivity index (χ0v) is 10.7. The van der Waals surface area contributed by atoms with Gasteiger partial charge in [-0.1, -0.05) is 23.7 Å². The average molecular weight is 239 g/mol. The molecule has 1 heterocycles. The van der Waals surface area contributed by atoms with E-state index in [0.29, 0.717) is 0 Å². The van der Waals surface area contributed by atoms with Crippen molar-refractivity contribution in [2.24, 2.45) is 0 Å². The lowest BCUT2D eigenvalue weighted by Crippen LogP contribution is -2.57. The van der Waals surface area contributed by atoms with Crippen LogP contribution in [0.3, 0.4) is 0 Å². The molecule has 1 saturated heterocycles. The minimum absolute atomic E-state index is 0.223. The molecule has 1 N–H and O–H groups in total. The summed E-state index contributed by atoms with van der Waals surface area (Å²) in [4.78, 5) is 2.51. The van der Waals surface area contributed by atoms with Crippen molar-refractivity contribution in [3.05, 3.63) is 34.9 Å². The minimum Gasteiger partial charge on any atom is -0.314 e. The van der Waals surface area contributed by atoms with E-state index in [9.17, 15) is 0 Å². The first-order valence-corrected chi connectivity index (χ1v) is 6.16. The van der Waals surface area contributed by atoms with Gasteiger partial charge in [0.15, 0.2) is 0 Å². The van der Waals surface area contributed by atoms with E-state index in [1.165, 1.54) is 5.56 Å². The standard InChI is InChI=1S/C13H19ClN2/c1-13(2)10-15-6-7-16(13)9-11-4-3-5-12(14)8-11/h3-5,8,15H,6-7,9-10H2,1-2H3. The first kappa shape index (κ1) is 11.9. The third-order valence-corrected chi connectivity index (χ3v) is 3.47. The molecule has 16 heavy (non-hydrogen) atoms. The number of hydrogen-bond acceptors (Lipinski definition) is 2. The molecule has 1 fully saturated rings. The molecule has 1 aliphatic rings.